The number of hydrogen-bond donors (Lipinski definition) is 1. The predicted octanol–water partition coefficient (Wildman–Crippen LogP) is 3.70. The van der Waals surface area contributed by atoms with Gasteiger partial charge in [0.25, 0.3) is 0 Å². The number of aliphatic hydroxyl groups is 1. The second-order valence-corrected chi connectivity index (χ2v) is 3.98. The van der Waals surface area contributed by atoms with Gasteiger partial charge in [-0.1, -0.05) is 35.9 Å². The first-order valence-corrected chi connectivity index (χ1v) is 5.35. The third-order valence-electron chi connectivity index (χ3n) is 2.46. The summed E-state index contributed by atoms with van der Waals surface area (Å²) in [7, 11) is 0. The van der Waals surface area contributed by atoms with Gasteiger partial charge in [0.15, 0.2) is 0 Å². The molecule has 0 heterocycles. The molecule has 0 aliphatic carbocycles. The van der Waals surface area contributed by atoms with Crippen LogP contribution < -0.4 is 0 Å². The fraction of sp³-hybridized carbons (Fsp3) is 0.0769. The summed E-state index contributed by atoms with van der Waals surface area (Å²) in [6.45, 7) is 0. The van der Waals surface area contributed by atoms with E-state index in [4.69, 9.17) is 11.6 Å². The van der Waals surface area contributed by atoms with Crippen LogP contribution in [0, 0.1) is 11.6 Å². The maximum atomic E-state index is 13.2. The van der Waals surface area contributed by atoms with E-state index >= 15 is 0 Å². The van der Waals surface area contributed by atoms with Crippen molar-refractivity contribution in [3.05, 3.63) is 70.2 Å². The van der Waals surface area contributed by atoms with E-state index in [1.165, 1.54) is 42.5 Å². The molecule has 0 aromatic heterocycles. The SMILES string of the molecule is OC(c1ccc(F)cc1)c1cccc(F)c1Cl. The number of halogens is 3. The van der Waals surface area contributed by atoms with E-state index in [-0.39, 0.29) is 10.6 Å². The van der Waals surface area contributed by atoms with Crippen molar-refractivity contribution >= 4 is 11.6 Å². The van der Waals surface area contributed by atoms with Crippen LogP contribution in [0.5, 0.6) is 0 Å². The van der Waals surface area contributed by atoms with Gasteiger partial charge < -0.3 is 5.11 Å². The number of benzene rings is 2. The van der Waals surface area contributed by atoms with Crippen LogP contribution in [-0.2, 0) is 0 Å². The van der Waals surface area contributed by atoms with Crippen LogP contribution in [0.4, 0.5) is 8.78 Å². The molecule has 0 aliphatic heterocycles. The van der Waals surface area contributed by atoms with Crippen molar-refractivity contribution in [2.45, 2.75) is 6.10 Å². The summed E-state index contributed by atoms with van der Waals surface area (Å²) in [5.74, 6) is -0.989. The number of rotatable bonds is 2. The van der Waals surface area contributed by atoms with E-state index in [0.29, 0.717) is 5.56 Å². The van der Waals surface area contributed by atoms with E-state index < -0.39 is 17.7 Å². The molecule has 2 aromatic carbocycles. The van der Waals surface area contributed by atoms with Gasteiger partial charge in [-0.15, -0.1) is 0 Å². The second kappa shape index (κ2) is 4.82. The first kappa shape index (κ1) is 12.0. The molecule has 1 unspecified atom stereocenters. The molecule has 4 heteroatoms. The van der Waals surface area contributed by atoms with Gasteiger partial charge in [-0.25, -0.2) is 8.78 Å². The zero-order valence-corrected chi connectivity index (χ0v) is 9.46. The van der Waals surface area contributed by atoms with Crippen molar-refractivity contribution in [1.82, 2.24) is 0 Å². The summed E-state index contributed by atoms with van der Waals surface area (Å²) in [4.78, 5) is 0. The van der Waals surface area contributed by atoms with Gasteiger partial charge in [0.2, 0.25) is 0 Å². The highest BCUT2D eigenvalue weighted by molar-refractivity contribution is 6.31. The highest BCUT2D eigenvalue weighted by Crippen LogP contribution is 2.29. The molecule has 88 valence electrons. The highest BCUT2D eigenvalue weighted by atomic mass is 35.5. The number of hydrogen-bond acceptors (Lipinski definition) is 1. The first-order valence-electron chi connectivity index (χ1n) is 4.97. The fourth-order valence-electron chi connectivity index (χ4n) is 1.56. The molecule has 0 saturated heterocycles. The molecule has 2 aromatic rings. The Morgan fingerprint density at radius 1 is 1.00 bits per heavy atom. The minimum Gasteiger partial charge on any atom is -0.384 e. The molecule has 0 radical (unpaired) electrons. The van der Waals surface area contributed by atoms with Crippen LogP contribution in [0.2, 0.25) is 5.02 Å². The van der Waals surface area contributed by atoms with Crippen molar-refractivity contribution in [1.29, 1.82) is 0 Å². The van der Waals surface area contributed by atoms with Crippen LogP contribution in [0.1, 0.15) is 17.2 Å². The van der Waals surface area contributed by atoms with Gasteiger partial charge >= 0.3 is 0 Å². The Morgan fingerprint density at radius 3 is 2.29 bits per heavy atom. The smallest absolute Gasteiger partial charge is 0.142 e. The largest absolute Gasteiger partial charge is 0.384 e. The minimum absolute atomic E-state index is 0.121. The predicted molar refractivity (Wildman–Crippen MR) is 61.9 cm³/mol. The van der Waals surface area contributed by atoms with E-state index in [1.807, 2.05) is 0 Å². The van der Waals surface area contributed by atoms with Gasteiger partial charge in [0, 0.05) is 5.56 Å². The minimum atomic E-state index is -1.07. The lowest BCUT2D eigenvalue weighted by Gasteiger charge is -2.13. The lowest BCUT2D eigenvalue weighted by Crippen LogP contribution is -2.01. The molecule has 1 nitrogen and oxygen atoms in total. The van der Waals surface area contributed by atoms with Crippen LogP contribution in [0.3, 0.4) is 0 Å². The van der Waals surface area contributed by atoms with Crippen LogP contribution in [0.15, 0.2) is 42.5 Å². The Hall–Kier alpha value is -1.45. The van der Waals surface area contributed by atoms with E-state index in [2.05, 4.69) is 0 Å². The van der Waals surface area contributed by atoms with Crippen molar-refractivity contribution in [2.75, 3.05) is 0 Å². The van der Waals surface area contributed by atoms with Crippen molar-refractivity contribution < 1.29 is 13.9 Å². The standard InChI is InChI=1S/C13H9ClF2O/c14-12-10(2-1-3-11(12)16)13(17)8-4-6-9(15)7-5-8/h1-7,13,17H. The average molecular weight is 255 g/mol. The summed E-state index contributed by atoms with van der Waals surface area (Å²) >= 11 is 5.76. The molecular formula is C13H9ClF2O. The Labute approximate surface area is 102 Å². The molecule has 2 rings (SSSR count). The molecule has 1 atom stereocenters. The monoisotopic (exact) mass is 254 g/mol. The summed E-state index contributed by atoms with van der Waals surface area (Å²) in [6.07, 6.45) is -1.07. The average Bonchev–Trinajstić information content (AvgIpc) is 2.33. The quantitative estimate of drug-likeness (QED) is 0.866. The van der Waals surface area contributed by atoms with Crippen molar-refractivity contribution in [3.63, 3.8) is 0 Å². The fourth-order valence-corrected chi connectivity index (χ4v) is 1.79. The Balaban J connectivity index is 2.40. The Kier molecular flexibility index (Phi) is 3.41. The van der Waals surface area contributed by atoms with Gasteiger partial charge in [-0.2, -0.15) is 0 Å². The molecular weight excluding hydrogens is 246 g/mol. The van der Waals surface area contributed by atoms with Crippen LogP contribution in [0.25, 0.3) is 0 Å². The molecule has 0 bridgehead atoms. The zero-order chi connectivity index (χ0) is 12.4. The molecule has 1 N–H and O–H groups in total. The number of aliphatic hydroxyl groups excluding tert-OH is 1. The summed E-state index contributed by atoms with van der Waals surface area (Å²) < 4.78 is 25.9. The normalized spacial score (nSPS) is 12.5. The van der Waals surface area contributed by atoms with E-state index in [1.54, 1.807) is 0 Å². The molecule has 0 fully saturated rings. The maximum absolute atomic E-state index is 13.2. The third kappa shape index (κ3) is 2.46. The zero-order valence-electron chi connectivity index (χ0n) is 8.70. The third-order valence-corrected chi connectivity index (χ3v) is 2.86. The molecule has 0 saturated carbocycles. The van der Waals surface area contributed by atoms with Crippen molar-refractivity contribution in [2.24, 2.45) is 0 Å². The van der Waals surface area contributed by atoms with Gasteiger partial charge in [-0.3, -0.25) is 0 Å². The summed E-state index contributed by atoms with van der Waals surface area (Å²) in [6, 6.07) is 9.52. The van der Waals surface area contributed by atoms with Gasteiger partial charge in [0.1, 0.15) is 17.7 Å². The highest BCUT2D eigenvalue weighted by Gasteiger charge is 2.16. The topological polar surface area (TPSA) is 20.2 Å². The Bertz CT molecular complexity index is 525. The van der Waals surface area contributed by atoms with E-state index in [9.17, 15) is 13.9 Å². The lowest BCUT2D eigenvalue weighted by atomic mass is 10.0. The maximum Gasteiger partial charge on any atom is 0.142 e. The second-order valence-electron chi connectivity index (χ2n) is 3.60. The van der Waals surface area contributed by atoms with Crippen molar-refractivity contribution in [3.8, 4) is 0 Å². The molecule has 0 spiro atoms. The molecule has 0 aliphatic rings. The van der Waals surface area contributed by atoms with Crippen LogP contribution >= 0.6 is 11.6 Å². The van der Waals surface area contributed by atoms with Gasteiger partial charge in [0.05, 0.1) is 5.02 Å². The van der Waals surface area contributed by atoms with Crippen LogP contribution in [-0.4, -0.2) is 5.11 Å². The lowest BCUT2D eigenvalue weighted by molar-refractivity contribution is 0.220. The Morgan fingerprint density at radius 2 is 1.65 bits per heavy atom. The first-order chi connectivity index (χ1) is 8.09. The summed E-state index contributed by atoms with van der Waals surface area (Å²) in [5, 5.41) is 9.89. The summed E-state index contributed by atoms with van der Waals surface area (Å²) in [5.41, 5.74) is 0.720. The van der Waals surface area contributed by atoms with Gasteiger partial charge in [-0.05, 0) is 23.8 Å². The van der Waals surface area contributed by atoms with E-state index in [0.717, 1.165) is 0 Å². The molecule has 17 heavy (non-hydrogen) atoms. The molecule has 0 amide bonds.